The number of amides is 1. The summed E-state index contributed by atoms with van der Waals surface area (Å²) in [6.07, 6.45) is 2.03. The second-order valence-corrected chi connectivity index (χ2v) is 6.38. The molecule has 0 fully saturated rings. The van der Waals surface area contributed by atoms with Crippen molar-refractivity contribution in [3.8, 4) is 0 Å². The van der Waals surface area contributed by atoms with Crippen LogP contribution < -0.4 is 5.32 Å². The van der Waals surface area contributed by atoms with Crippen molar-refractivity contribution in [2.75, 3.05) is 0 Å². The minimum absolute atomic E-state index is 0.103. The van der Waals surface area contributed by atoms with Crippen molar-refractivity contribution in [2.24, 2.45) is 5.92 Å². The third-order valence-electron chi connectivity index (χ3n) is 4.73. The van der Waals surface area contributed by atoms with Crippen LogP contribution in [0.3, 0.4) is 0 Å². The van der Waals surface area contributed by atoms with Crippen LogP contribution in [0.1, 0.15) is 30.9 Å². The second kappa shape index (κ2) is 6.33. The van der Waals surface area contributed by atoms with Crippen LogP contribution in [0, 0.1) is 12.5 Å². The fraction of sp³-hybridized carbons (Fsp3) is 0.238. The maximum atomic E-state index is 13.0. The van der Waals surface area contributed by atoms with Gasteiger partial charge in [0.15, 0.2) is 0 Å². The van der Waals surface area contributed by atoms with E-state index in [1.165, 1.54) is 0 Å². The molecule has 1 N–H and O–H groups in total. The molecule has 1 heterocycles. The highest BCUT2D eigenvalue weighted by Crippen LogP contribution is 2.43. The van der Waals surface area contributed by atoms with Gasteiger partial charge in [-0.15, -0.1) is 0 Å². The quantitative estimate of drug-likeness (QED) is 0.844. The summed E-state index contributed by atoms with van der Waals surface area (Å²) in [6, 6.07) is 19.6. The van der Waals surface area contributed by atoms with E-state index in [-0.39, 0.29) is 17.7 Å². The summed E-state index contributed by atoms with van der Waals surface area (Å²) in [6.45, 7) is 11.7. The van der Waals surface area contributed by atoms with Crippen molar-refractivity contribution in [1.82, 2.24) is 5.32 Å². The van der Waals surface area contributed by atoms with Crippen molar-refractivity contribution in [3.05, 3.63) is 89.3 Å². The summed E-state index contributed by atoms with van der Waals surface area (Å²) in [4.78, 5) is 16.8. The maximum absolute atomic E-state index is 13.0. The molecule has 1 aliphatic heterocycles. The Balaban J connectivity index is 2.19. The zero-order valence-corrected chi connectivity index (χ0v) is 13.9. The molecule has 3 rings (SSSR count). The number of hydrogen-bond acceptors (Lipinski definition) is 1. The van der Waals surface area contributed by atoms with Crippen molar-refractivity contribution in [3.63, 3.8) is 0 Å². The normalized spacial score (nSPS) is 23.3. The molecule has 2 atom stereocenters. The zero-order valence-electron chi connectivity index (χ0n) is 13.9. The SMILES string of the molecule is [C-]#[N+][C@@]1(C(C)C)C(=O)NC(c2ccccc2)=C[C@H]1c1ccccc1. The van der Waals surface area contributed by atoms with E-state index in [2.05, 4.69) is 10.2 Å². The van der Waals surface area contributed by atoms with Gasteiger partial charge in [0.1, 0.15) is 0 Å². The molecule has 1 amide bonds. The lowest BCUT2D eigenvalue weighted by Crippen LogP contribution is -2.54. The molecule has 2 aromatic rings. The van der Waals surface area contributed by atoms with Crippen LogP contribution in [-0.2, 0) is 4.79 Å². The Labute approximate surface area is 142 Å². The van der Waals surface area contributed by atoms with Gasteiger partial charge < -0.3 is 5.32 Å². The smallest absolute Gasteiger partial charge is 0.319 e. The van der Waals surface area contributed by atoms with E-state index in [1.807, 2.05) is 80.6 Å². The molecule has 0 bridgehead atoms. The molecule has 0 aliphatic carbocycles. The second-order valence-electron chi connectivity index (χ2n) is 6.38. The van der Waals surface area contributed by atoms with Crippen molar-refractivity contribution in [2.45, 2.75) is 25.3 Å². The van der Waals surface area contributed by atoms with Gasteiger partial charge in [-0.1, -0.05) is 74.5 Å². The van der Waals surface area contributed by atoms with Crippen LogP contribution in [-0.4, -0.2) is 11.4 Å². The molecule has 0 saturated carbocycles. The third kappa shape index (κ3) is 2.51. The first-order valence-corrected chi connectivity index (χ1v) is 8.12. The van der Waals surface area contributed by atoms with E-state index in [9.17, 15) is 4.79 Å². The minimum atomic E-state index is -1.13. The van der Waals surface area contributed by atoms with Gasteiger partial charge in [0.2, 0.25) is 0 Å². The standard InChI is InChI=1S/C21H20N2O/c1-15(2)21(22-3)18(16-10-6-4-7-11-16)14-19(23-20(21)24)17-12-8-5-9-13-17/h4-15,18H,1-2H3,(H,23,24)/t18-,21+/m0/s1. The molecule has 0 spiro atoms. The summed E-state index contributed by atoms with van der Waals surface area (Å²) in [5.41, 5.74) is 1.59. The highest BCUT2D eigenvalue weighted by molar-refractivity contribution is 5.99. The van der Waals surface area contributed by atoms with Crippen molar-refractivity contribution in [1.29, 1.82) is 0 Å². The van der Waals surface area contributed by atoms with Crippen LogP contribution in [0.15, 0.2) is 66.7 Å². The molecule has 1 aliphatic rings. The summed E-state index contributed by atoms with van der Waals surface area (Å²) in [5.74, 6) is -0.600. The van der Waals surface area contributed by atoms with Gasteiger partial charge in [-0.05, 0) is 17.2 Å². The molecule has 3 heteroatoms. The topological polar surface area (TPSA) is 33.5 Å². The van der Waals surface area contributed by atoms with Crippen LogP contribution in [0.5, 0.6) is 0 Å². The van der Waals surface area contributed by atoms with Crippen molar-refractivity contribution < 1.29 is 4.79 Å². The van der Waals surface area contributed by atoms with E-state index in [4.69, 9.17) is 6.57 Å². The molecule has 2 aromatic carbocycles. The van der Waals surface area contributed by atoms with Crippen molar-refractivity contribution >= 4 is 11.6 Å². The summed E-state index contributed by atoms with van der Waals surface area (Å²) in [5, 5.41) is 2.96. The maximum Gasteiger partial charge on any atom is 0.321 e. The van der Waals surface area contributed by atoms with E-state index >= 15 is 0 Å². The number of benzene rings is 2. The van der Waals surface area contributed by atoms with Gasteiger partial charge >= 0.3 is 11.4 Å². The minimum Gasteiger partial charge on any atom is -0.319 e. The molecule has 120 valence electrons. The molecule has 0 aromatic heterocycles. The number of nitrogens with zero attached hydrogens (tertiary/aromatic N) is 1. The largest absolute Gasteiger partial charge is 0.321 e. The van der Waals surface area contributed by atoms with Gasteiger partial charge in [0.05, 0.1) is 5.92 Å². The van der Waals surface area contributed by atoms with Crippen LogP contribution in [0.2, 0.25) is 0 Å². The third-order valence-corrected chi connectivity index (χ3v) is 4.73. The number of carbonyl (C=O) groups excluding carboxylic acids is 1. The Morgan fingerprint density at radius 2 is 1.62 bits per heavy atom. The molecular formula is C21H20N2O. The fourth-order valence-corrected chi connectivity index (χ4v) is 3.37. The first kappa shape index (κ1) is 16.0. The Morgan fingerprint density at radius 1 is 1.04 bits per heavy atom. The Kier molecular flexibility index (Phi) is 4.22. The first-order chi connectivity index (χ1) is 11.6. The number of rotatable bonds is 3. The van der Waals surface area contributed by atoms with E-state index < -0.39 is 5.54 Å². The lowest BCUT2D eigenvalue weighted by molar-refractivity contribution is -0.125. The summed E-state index contributed by atoms with van der Waals surface area (Å²) in [7, 11) is 0. The first-order valence-electron chi connectivity index (χ1n) is 8.12. The summed E-state index contributed by atoms with van der Waals surface area (Å²) >= 11 is 0. The Morgan fingerprint density at radius 3 is 2.17 bits per heavy atom. The average molecular weight is 316 g/mol. The zero-order chi connectivity index (χ0) is 17.2. The summed E-state index contributed by atoms with van der Waals surface area (Å²) < 4.78 is 0. The number of hydrogen-bond donors (Lipinski definition) is 1. The van der Waals surface area contributed by atoms with Gasteiger partial charge in [0.25, 0.3) is 0 Å². The fourth-order valence-electron chi connectivity index (χ4n) is 3.37. The predicted molar refractivity (Wildman–Crippen MR) is 95.9 cm³/mol. The van der Waals surface area contributed by atoms with Crippen LogP contribution in [0.4, 0.5) is 0 Å². The molecule has 0 saturated heterocycles. The van der Waals surface area contributed by atoms with E-state index in [1.54, 1.807) is 0 Å². The van der Waals surface area contributed by atoms with Crippen LogP contribution >= 0.6 is 0 Å². The van der Waals surface area contributed by atoms with Gasteiger partial charge in [-0.3, -0.25) is 9.64 Å². The Bertz CT molecular complexity index is 803. The number of nitrogens with one attached hydrogen (secondary N) is 1. The van der Waals surface area contributed by atoms with Crippen LogP contribution in [0.25, 0.3) is 10.5 Å². The van der Waals surface area contributed by atoms with Gasteiger partial charge in [-0.2, -0.15) is 0 Å². The highest BCUT2D eigenvalue weighted by atomic mass is 16.2. The Hall–Kier alpha value is -2.86. The lowest BCUT2D eigenvalue weighted by Gasteiger charge is -2.35. The van der Waals surface area contributed by atoms with E-state index in [0.717, 1.165) is 16.8 Å². The molecule has 24 heavy (non-hydrogen) atoms. The molecule has 3 nitrogen and oxygen atoms in total. The van der Waals surface area contributed by atoms with Gasteiger partial charge in [-0.25, -0.2) is 6.57 Å². The predicted octanol–water partition coefficient (Wildman–Crippen LogP) is 4.26. The number of carbonyl (C=O) groups is 1. The van der Waals surface area contributed by atoms with E-state index in [0.29, 0.717) is 0 Å². The van der Waals surface area contributed by atoms with Gasteiger partial charge in [0, 0.05) is 11.6 Å². The molecule has 0 radical (unpaired) electrons. The molecule has 0 unspecified atom stereocenters. The highest BCUT2D eigenvalue weighted by Gasteiger charge is 2.57. The molecular weight excluding hydrogens is 296 g/mol. The monoisotopic (exact) mass is 316 g/mol. The average Bonchev–Trinajstić information content (AvgIpc) is 2.62. The lowest BCUT2D eigenvalue weighted by atomic mass is 9.69.